The van der Waals surface area contributed by atoms with Crippen LogP contribution in [-0.2, 0) is 0 Å². The molecule has 10 heavy (non-hydrogen) atoms. The van der Waals surface area contributed by atoms with Gasteiger partial charge in [-0.2, -0.15) is 0 Å². The van der Waals surface area contributed by atoms with Crippen molar-refractivity contribution in [2.45, 2.75) is 39.5 Å². The van der Waals surface area contributed by atoms with Crippen LogP contribution in [0.2, 0.25) is 0 Å². The lowest BCUT2D eigenvalue weighted by Gasteiger charge is -1.98. The third-order valence-corrected chi connectivity index (χ3v) is 1.72. The van der Waals surface area contributed by atoms with Crippen molar-refractivity contribution in [2.75, 3.05) is 6.61 Å². The third kappa shape index (κ3) is 5.83. The molecule has 0 bridgehead atoms. The molecule has 60 valence electrons. The lowest BCUT2D eigenvalue weighted by molar-refractivity contribution is 0.283. The lowest BCUT2D eigenvalue weighted by atomic mass is 10.1. The van der Waals surface area contributed by atoms with Gasteiger partial charge in [-0.15, -0.1) is 0 Å². The molecule has 0 radical (unpaired) electrons. The minimum atomic E-state index is 0.342. The zero-order valence-corrected chi connectivity index (χ0v) is 7.06. The van der Waals surface area contributed by atoms with Gasteiger partial charge in [-0.25, -0.2) is 0 Å². The van der Waals surface area contributed by atoms with Crippen molar-refractivity contribution in [3.05, 3.63) is 11.6 Å². The van der Waals surface area contributed by atoms with Crippen LogP contribution in [0, 0.1) is 0 Å². The van der Waals surface area contributed by atoms with Crippen molar-refractivity contribution in [3.8, 4) is 0 Å². The predicted molar refractivity (Wildman–Crippen MR) is 45.0 cm³/mol. The number of allylic oxidation sites excluding steroid dienone is 2. The van der Waals surface area contributed by atoms with Crippen LogP contribution < -0.4 is 0 Å². The topological polar surface area (TPSA) is 20.2 Å². The molecule has 1 N–H and O–H groups in total. The molecular weight excluding hydrogens is 124 g/mol. The highest BCUT2D eigenvalue weighted by Crippen LogP contribution is 2.06. The van der Waals surface area contributed by atoms with E-state index >= 15 is 0 Å². The normalized spacial score (nSPS) is 12.1. The second-order valence-corrected chi connectivity index (χ2v) is 2.67. The summed E-state index contributed by atoms with van der Waals surface area (Å²) >= 11 is 0. The molecule has 1 nitrogen and oxygen atoms in total. The van der Waals surface area contributed by atoms with Gasteiger partial charge in [-0.1, -0.05) is 18.1 Å². The quantitative estimate of drug-likeness (QED) is 0.462. The molecule has 0 atom stereocenters. The maximum absolute atomic E-state index is 8.47. The highest BCUT2D eigenvalue weighted by molar-refractivity contribution is 4.94. The predicted octanol–water partition coefficient (Wildman–Crippen LogP) is 2.51. The molecule has 0 aromatic heterocycles. The van der Waals surface area contributed by atoms with Crippen LogP contribution in [0.4, 0.5) is 0 Å². The molecule has 0 unspecified atom stereocenters. The minimum Gasteiger partial charge on any atom is -0.396 e. The molecule has 0 fully saturated rings. The van der Waals surface area contributed by atoms with Crippen molar-refractivity contribution in [3.63, 3.8) is 0 Å². The third-order valence-electron chi connectivity index (χ3n) is 1.72. The molecule has 0 spiro atoms. The van der Waals surface area contributed by atoms with Crippen LogP contribution in [0.15, 0.2) is 11.6 Å². The fourth-order valence-electron chi connectivity index (χ4n) is 0.837. The molecule has 1 heteroatoms. The van der Waals surface area contributed by atoms with Crippen LogP contribution in [0.3, 0.4) is 0 Å². The summed E-state index contributed by atoms with van der Waals surface area (Å²) in [5.74, 6) is 0. The molecule has 0 rings (SSSR count). The Kier molecular flexibility index (Phi) is 6.61. The summed E-state index contributed by atoms with van der Waals surface area (Å²) in [7, 11) is 0. The smallest absolute Gasteiger partial charge is 0.0431 e. The Balaban J connectivity index is 3.04. The Hall–Kier alpha value is -0.300. The van der Waals surface area contributed by atoms with Gasteiger partial charge in [0.2, 0.25) is 0 Å². The van der Waals surface area contributed by atoms with Crippen LogP contribution in [-0.4, -0.2) is 11.7 Å². The summed E-state index contributed by atoms with van der Waals surface area (Å²) < 4.78 is 0. The van der Waals surface area contributed by atoms with Crippen molar-refractivity contribution >= 4 is 0 Å². The summed E-state index contributed by atoms with van der Waals surface area (Å²) in [6, 6.07) is 0. The molecule has 0 saturated heterocycles. The summed E-state index contributed by atoms with van der Waals surface area (Å²) in [5, 5.41) is 8.47. The van der Waals surface area contributed by atoms with Crippen LogP contribution in [0.1, 0.15) is 39.5 Å². The number of rotatable bonds is 5. The van der Waals surface area contributed by atoms with Gasteiger partial charge >= 0.3 is 0 Å². The van der Waals surface area contributed by atoms with Gasteiger partial charge in [0.05, 0.1) is 0 Å². The summed E-state index contributed by atoms with van der Waals surface area (Å²) in [6.45, 7) is 4.56. The Labute approximate surface area is 63.8 Å². The van der Waals surface area contributed by atoms with E-state index in [0.29, 0.717) is 6.61 Å². The fourth-order valence-corrected chi connectivity index (χ4v) is 0.837. The first-order chi connectivity index (χ1) is 4.81. The van der Waals surface area contributed by atoms with E-state index in [1.165, 1.54) is 18.4 Å². The number of unbranched alkanes of at least 4 members (excludes halogenated alkanes) is 2. The standard InChI is InChI=1S/C9H18O/c1-3-9(2)7-5-4-6-8-10/h3,10H,4-8H2,1-2H3/b9-3-. The molecule has 0 aromatic carbocycles. The first kappa shape index (κ1) is 9.70. The highest BCUT2D eigenvalue weighted by Gasteiger charge is 1.88. The van der Waals surface area contributed by atoms with Crippen molar-refractivity contribution in [1.82, 2.24) is 0 Å². The van der Waals surface area contributed by atoms with Gasteiger partial charge in [0.15, 0.2) is 0 Å². The van der Waals surface area contributed by atoms with E-state index in [1.807, 2.05) is 0 Å². The van der Waals surface area contributed by atoms with E-state index in [9.17, 15) is 0 Å². The van der Waals surface area contributed by atoms with Crippen LogP contribution in [0.5, 0.6) is 0 Å². The van der Waals surface area contributed by atoms with Gasteiger partial charge < -0.3 is 5.11 Å². The number of hydrogen-bond acceptors (Lipinski definition) is 1. The van der Waals surface area contributed by atoms with Crippen molar-refractivity contribution in [1.29, 1.82) is 0 Å². The maximum Gasteiger partial charge on any atom is 0.0431 e. The Morgan fingerprint density at radius 1 is 1.30 bits per heavy atom. The molecule has 0 saturated carbocycles. The average molecular weight is 142 g/mol. The SMILES string of the molecule is C/C=C(/C)CCCCCO. The summed E-state index contributed by atoms with van der Waals surface area (Å²) in [5.41, 5.74) is 1.46. The largest absolute Gasteiger partial charge is 0.396 e. The van der Waals surface area contributed by atoms with E-state index < -0.39 is 0 Å². The van der Waals surface area contributed by atoms with Crippen molar-refractivity contribution in [2.24, 2.45) is 0 Å². The Bertz CT molecular complexity index is 94.9. The van der Waals surface area contributed by atoms with Crippen LogP contribution in [0.25, 0.3) is 0 Å². The average Bonchev–Trinajstić information content (AvgIpc) is 1.98. The number of hydrogen-bond donors (Lipinski definition) is 1. The summed E-state index contributed by atoms with van der Waals surface area (Å²) in [4.78, 5) is 0. The molecule has 0 aliphatic carbocycles. The first-order valence-electron chi connectivity index (χ1n) is 4.04. The van der Waals surface area contributed by atoms with Gasteiger partial charge in [-0.05, 0) is 33.1 Å². The fraction of sp³-hybridized carbons (Fsp3) is 0.778. The minimum absolute atomic E-state index is 0.342. The first-order valence-corrected chi connectivity index (χ1v) is 4.04. The zero-order chi connectivity index (χ0) is 7.82. The lowest BCUT2D eigenvalue weighted by Crippen LogP contribution is -1.83. The zero-order valence-electron chi connectivity index (χ0n) is 7.06. The van der Waals surface area contributed by atoms with E-state index in [2.05, 4.69) is 19.9 Å². The van der Waals surface area contributed by atoms with E-state index in [-0.39, 0.29) is 0 Å². The second kappa shape index (κ2) is 6.81. The number of aliphatic hydroxyl groups is 1. The van der Waals surface area contributed by atoms with Gasteiger partial charge in [0, 0.05) is 6.61 Å². The molecule has 0 aliphatic heterocycles. The molecule has 0 amide bonds. The van der Waals surface area contributed by atoms with E-state index in [1.54, 1.807) is 0 Å². The van der Waals surface area contributed by atoms with Gasteiger partial charge in [0.1, 0.15) is 0 Å². The van der Waals surface area contributed by atoms with Gasteiger partial charge in [-0.3, -0.25) is 0 Å². The monoisotopic (exact) mass is 142 g/mol. The molecule has 0 heterocycles. The molecular formula is C9H18O. The Morgan fingerprint density at radius 3 is 2.50 bits per heavy atom. The summed E-state index contributed by atoms with van der Waals surface area (Å²) in [6.07, 6.45) is 6.67. The van der Waals surface area contributed by atoms with Crippen molar-refractivity contribution < 1.29 is 5.11 Å². The highest BCUT2D eigenvalue weighted by atomic mass is 16.2. The molecule has 0 aliphatic rings. The molecule has 0 aromatic rings. The Morgan fingerprint density at radius 2 is 2.00 bits per heavy atom. The second-order valence-electron chi connectivity index (χ2n) is 2.67. The number of aliphatic hydroxyl groups excluding tert-OH is 1. The van der Waals surface area contributed by atoms with Gasteiger partial charge in [0.25, 0.3) is 0 Å². The maximum atomic E-state index is 8.47. The van der Waals surface area contributed by atoms with E-state index in [0.717, 1.165) is 12.8 Å². The van der Waals surface area contributed by atoms with Crippen LogP contribution >= 0.6 is 0 Å². The van der Waals surface area contributed by atoms with E-state index in [4.69, 9.17) is 5.11 Å².